The summed E-state index contributed by atoms with van der Waals surface area (Å²) in [5, 5.41) is 0. The molecule has 4 rings (SSSR count). The highest BCUT2D eigenvalue weighted by molar-refractivity contribution is 8.26. The Bertz CT molecular complexity index is 912. The van der Waals surface area contributed by atoms with Gasteiger partial charge in [-0.1, -0.05) is 55.4 Å². The molecule has 0 bridgehead atoms. The molecule has 5 nitrogen and oxygen atoms in total. The van der Waals surface area contributed by atoms with Gasteiger partial charge in [-0.2, -0.15) is 0 Å². The lowest BCUT2D eigenvalue weighted by Crippen LogP contribution is -2.39. The van der Waals surface area contributed by atoms with Crippen LogP contribution in [-0.4, -0.2) is 27.1 Å². The highest BCUT2D eigenvalue weighted by atomic mass is 32.2. The molecule has 0 unspecified atom stereocenters. The summed E-state index contributed by atoms with van der Waals surface area (Å²) in [7, 11) is 0. The molecule has 1 amide bonds. The SMILES string of the molecule is O=C(Oc1ccc(/C=C2\SC(=S)N(C3CCCCC3)C2=O)cc1)c1ccco1. The molecule has 0 radical (unpaired) electrons. The molecular weight excluding hydrogens is 394 g/mol. The van der Waals surface area contributed by atoms with Crippen LogP contribution in [0.4, 0.5) is 0 Å². The first-order valence-electron chi connectivity index (χ1n) is 9.24. The number of amides is 1. The smallest absolute Gasteiger partial charge is 0.379 e. The Morgan fingerprint density at radius 1 is 1.18 bits per heavy atom. The number of furan rings is 1. The van der Waals surface area contributed by atoms with Crippen molar-refractivity contribution in [3.8, 4) is 5.75 Å². The number of benzene rings is 1. The van der Waals surface area contributed by atoms with Crippen molar-refractivity contribution in [1.29, 1.82) is 0 Å². The van der Waals surface area contributed by atoms with E-state index in [-0.39, 0.29) is 17.7 Å². The third kappa shape index (κ3) is 4.05. The minimum absolute atomic E-state index is 0.00442. The molecular formula is C21H19NO4S2. The van der Waals surface area contributed by atoms with E-state index in [2.05, 4.69) is 0 Å². The van der Waals surface area contributed by atoms with Gasteiger partial charge in [0.2, 0.25) is 5.76 Å². The number of ether oxygens (including phenoxy) is 1. The summed E-state index contributed by atoms with van der Waals surface area (Å²) in [6.45, 7) is 0. The molecule has 1 saturated carbocycles. The van der Waals surface area contributed by atoms with Gasteiger partial charge < -0.3 is 9.15 Å². The second kappa shape index (κ2) is 8.32. The fourth-order valence-corrected chi connectivity index (χ4v) is 4.87. The molecule has 1 aliphatic carbocycles. The molecule has 1 saturated heterocycles. The van der Waals surface area contributed by atoms with Crippen LogP contribution in [0.3, 0.4) is 0 Å². The number of thioether (sulfide) groups is 1. The van der Waals surface area contributed by atoms with E-state index in [1.54, 1.807) is 41.3 Å². The fourth-order valence-electron chi connectivity index (χ4n) is 3.47. The topological polar surface area (TPSA) is 59.8 Å². The molecule has 7 heteroatoms. The number of carbonyl (C=O) groups excluding carboxylic acids is 2. The van der Waals surface area contributed by atoms with E-state index in [0.29, 0.717) is 15.0 Å². The summed E-state index contributed by atoms with van der Waals surface area (Å²) in [5.74, 6) is 0.00472. The van der Waals surface area contributed by atoms with Crippen molar-refractivity contribution in [2.24, 2.45) is 0 Å². The van der Waals surface area contributed by atoms with Crippen molar-refractivity contribution in [3.63, 3.8) is 0 Å². The van der Waals surface area contributed by atoms with Crippen LogP contribution in [0.5, 0.6) is 5.75 Å². The van der Waals surface area contributed by atoms with Crippen molar-refractivity contribution in [1.82, 2.24) is 4.90 Å². The van der Waals surface area contributed by atoms with Crippen LogP contribution in [0.15, 0.2) is 52.0 Å². The summed E-state index contributed by atoms with van der Waals surface area (Å²) in [6.07, 6.45) is 8.84. The molecule has 2 heterocycles. The van der Waals surface area contributed by atoms with Gasteiger partial charge in [-0.15, -0.1) is 0 Å². The molecule has 144 valence electrons. The molecule has 1 aromatic carbocycles. The maximum absolute atomic E-state index is 12.8. The maximum atomic E-state index is 12.8. The van der Waals surface area contributed by atoms with Crippen LogP contribution in [-0.2, 0) is 4.79 Å². The highest BCUT2D eigenvalue weighted by Crippen LogP contribution is 2.37. The second-order valence-corrected chi connectivity index (χ2v) is 8.46. The average molecular weight is 414 g/mol. The number of nitrogens with zero attached hydrogens (tertiary/aromatic N) is 1. The van der Waals surface area contributed by atoms with Crippen LogP contribution in [0.25, 0.3) is 6.08 Å². The van der Waals surface area contributed by atoms with Gasteiger partial charge in [0.25, 0.3) is 5.91 Å². The number of thiocarbonyl (C=S) groups is 1. The Labute approximate surface area is 172 Å². The molecule has 0 N–H and O–H groups in total. The third-order valence-electron chi connectivity index (χ3n) is 4.87. The van der Waals surface area contributed by atoms with Crippen molar-refractivity contribution >= 4 is 46.3 Å². The van der Waals surface area contributed by atoms with E-state index in [1.807, 2.05) is 6.08 Å². The van der Waals surface area contributed by atoms with E-state index in [9.17, 15) is 9.59 Å². The number of carbonyl (C=O) groups is 2. The molecule has 0 atom stereocenters. The van der Waals surface area contributed by atoms with Crippen molar-refractivity contribution < 1.29 is 18.7 Å². The van der Waals surface area contributed by atoms with Crippen LogP contribution < -0.4 is 4.74 Å². The Kier molecular flexibility index (Phi) is 5.64. The molecule has 0 spiro atoms. The lowest BCUT2D eigenvalue weighted by molar-refractivity contribution is -0.124. The predicted octanol–water partition coefficient (Wildman–Crippen LogP) is 5.03. The monoisotopic (exact) mass is 413 g/mol. The van der Waals surface area contributed by atoms with Crippen LogP contribution in [0.2, 0.25) is 0 Å². The summed E-state index contributed by atoms with van der Waals surface area (Å²) >= 11 is 6.81. The maximum Gasteiger partial charge on any atom is 0.379 e. The van der Waals surface area contributed by atoms with E-state index in [4.69, 9.17) is 21.4 Å². The average Bonchev–Trinajstić information content (AvgIpc) is 3.33. The number of rotatable bonds is 4. The fraction of sp³-hybridized carbons (Fsp3) is 0.286. The second-order valence-electron chi connectivity index (χ2n) is 6.78. The summed E-state index contributed by atoms with van der Waals surface area (Å²) in [4.78, 5) is 27.2. The number of hydrogen-bond donors (Lipinski definition) is 0. The first kappa shape index (κ1) is 19.0. The van der Waals surface area contributed by atoms with Gasteiger partial charge in [-0.3, -0.25) is 9.69 Å². The lowest BCUT2D eigenvalue weighted by atomic mass is 9.94. The molecule has 2 aliphatic rings. The lowest BCUT2D eigenvalue weighted by Gasteiger charge is -2.29. The highest BCUT2D eigenvalue weighted by Gasteiger charge is 2.37. The van der Waals surface area contributed by atoms with Gasteiger partial charge in [0.1, 0.15) is 10.1 Å². The summed E-state index contributed by atoms with van der Waals surface area (Å²) in [5.41, 5.74) is 0.849. The van der Waals surface area contributed by atoms with Crippen LogP contribution >= 0.6 is 24.0 Å². The standard InChI is InChI=1S/C21H19NO4S2/c23-19-18(28-21(27)22(19)15-5-2-1-3-6-15)13-14-8-10-16(11-9-14)26-20(24)17-7-4-12-25-17/h4,7-13,15H,1-3,5-6H2/b18-13-. The Hall–Kier alpha value is -2.38. The molecule has 1 aliphatic heterocycles. The van der Waals surface area contributed by atoms with Crippen molar-refractivity contribution in [3.05, 3.63) is 58.9 Å². The van der Waals surface area contributed by atoms with Gasteiger partial charge in [-0.25, -0.2) is 4.79 Å². The van der Waals surface area contributed by atoms with E-state index in [0.717, 1.165) is 31.2 Å². The van der Waals surface area contributed by atoms with E-state index < -0.39 is 5.97 Å². The first-order chi connectivity index (χ1) is 13.6. The van der Waals surface area contributed by atoms with E-state index >= 15 is 0 Å². The first-order valence-corrected chi connectivity index (χ1v) is 10.5. The van der Waals surface area contributed by atoms with Crippen LogP contribution in [0, 0.1) is 0 Å². The largest absolute Gasteiger partial charge is 0.457 e. The molecule has 1 aromatic heterocycles. The number of esters is 1. The van der Waals surface area contributed by atoms with Gasteiger partial charge in [0.05, 0.1) is 11.2 Å². The predicted molar refractivity (Wildman–Crippen MR) is 112 cm³/mol. The minimum Gasteiger partial charge on any atom is -0.457 e. The Morgan fingerprint density at radius 3 is 2.61 bits per heavy atom. The van der Waals surface area contributed by atoms with Gasteiger partial charge in [0, 0.05) is 6.04 Å². The zero-order chi connectivity index (χ0) is 19.5. The van der Waals surface area contributed by atoms with E-state index in [1.165, 1.54) is 24.4 Å². The Balaban J connectivity index is 1.44. The molecule has 2 fully saturated rings. The Morgan fingerprint density at radius 2 is 1.93 bits per heavy atom. The molecule has 2 aromatic rings. The van der Waals surface area contributed by atoms with Gasteiger partial charge in [-0.05, 0) is 48.7 Å². The minimum atomic E-state index is -0.550. The summed E-state index contributed by atoms with van der Waals surface area (Å²) < 4.78 is 10.9. The third-order valence-corrected chi connectivity index (χ3v) is 6.20. The normalized spacial score (nSPS) is 19.4. The van der Waals surface area contributed by atoms with Gasteiger partial charge >= 0.3 is 5.97 Å². The van der Waals surface area contributed by atoms with Crippen molar-refractivity contribution in [2.45, 2.75) is 38.1 Å². The van der Waals surface area contributed by atoms with Crippen molar-refractivity contribution in [2.75, 3.05) is 0 Å². The quantitative estimate of drug-likeness (QED) is 0.303. The van der Waals surface area contributed by atoms with Gasteiger partial charge in [0.15, 0.2) is 0 Å². The van der Waals surface area contributed by atoms with Crippen LogP contribution in [0.1, 0.15) is 48.2 Å². The number of hydrogen-bond acceptors (Lipinski definition) is 6. The zero-order valence-electron chi connectivity index (χ0n) is 15.1. The molecule has 28 heavy (non-hydrogen) atoms. The zero-order valence-corrected chi connectivity index (χ0v) is 16.8. The summed E-state index contributed by atoms with van der Waals surface area (Å²) in [6, 6.07) is 10.4.